The molecule has 0 bridgehead atoms. The molecule has 0 aromatic heterocycles. The van der Waals surface area contributed by atoms with E-state index in [1.165, 1.54) is 19.2 Å². The molecule has 4 amide bonds. The van der Waals surface area contributed by atoms with Gasteiger partial charge in [-0.1, -0.05) is 92.0 Å². The fourth-order valence-electron chi connectivity index (χ4n) is 4.69. The van der Waals surface area contributed by atoms with Crippen LogP contribution >= 0.6 is 11.8 Å². The van der Waals surface area contributed by atoms with Crippen molar-refractivity contribution in [3.05, 3.63) is 103 Å². The molecule has 2 atom stereocenters. The number of carbonyl (C=O) groups is 5. The monoisotopic (exact) mass is 705 g/mol. The number of benzene rings is 1. The van der Waals surface area contributed by atoms with Gasteiger partial charge in [-0.2, -0.15) is 0 Å². The lowest BCUT2D eigenvalue weighted by molar-refractivity contribution is -0.142. The van der Waals surface area contributed by atoms with E-state index < -0.39 is 29.1 Å². The summed E-state index contributed by atoms with van der Waals surface area (Å²) < 4.78 is 4.78. The molecule has 0 aliphatic carbocycles. The third-order valence-electron chi connectivity index (χ3n) is 7.40. The van der Waals surface area contributed by atoms with Gasteiger partial charge in [-0.3, -0.25) is 24.1 Å². The third kappa shape index (κ3) is 16.6. The van der Waals surface area contributed by atoms with Crippen molar-refractivity contribution in [3.63, 3.8) is 0 Å². The Kier molecular flexibility index (Phi) is 21.1. The number of ether oxygens (including phenoxy) is 1. The molecule has 3 N–H and O–H groups in total. The van der Waals surface area contributed by atoms with E-state index in [1.807, 2.05) is 12.2 Å². The topological polar surface area (TPSA) is 142 Å². The van der Waals surface area contributed by atoms with Crippen molar-refractivity contribution in [1.29, 1.82) is 0 Å². The van der Waals surface area contributed by atoms with Gasteiger partial charge < -0.3 is 20.5 Å². The van der Waals surface area contributed by atoms with Crippen LogP contribution in [0, 0.1) is 0 Å². The van der Waals surface area contributed by atoms with Gasteiger partial charge in [0.2, 0.25) is 17.7 Å². The van der Waals surface area contributed by atoms with Crippen LogP contribution in [0.15, 0.2) is 97.2 Å². The largest absolute Gasteiger partial charge is 0.507 e. The van der Waals surface area contributed by atoms with E-state index in [-0.39, 0.29) is 48.4 Å². The van der Waals surface area contributed by atoms with Gasteiger partial charge in [0.05, 0.1) is 17.9 Å². The van der Waals surface area contributed by atoms with Crippen LogP contribution in [0.3, 0.4) is 0 Å². The number of nitrogens with zero attached hydrogens (tertiary/aromatic N) is 1. The maximum Gasteiger partial charge on any atom is 0.329 e. The number of esters is 1. The highest BCUT2D eigenvalue weighted by atomic mass is 32.2. The van der Waals surface area contributed by atoms with Gasteiger partial charge >= 0.3 is 5.97 Å². The molecule has 270 valence electrons. The van der Waals surface area contributed by atoms with Gasteiger partial charge in [-0.25, -0.2) is 4.79 Å². The predicted molar refractivity (Wildman–Crippen MR) is 199 cm³/mol. The molecular weight excluding hydrogens is 655 g/mol. The summed E-state index contributed by atoms with van der Waals surface area (Å²) in [6.45, 7) is 2.32. The fraction of sp³-hybridized carbons (Fsp3) is 0.410. The second-order valence-electron chi connectivity index (χ2n) is 11.3. The lowest BCUT2D eigenvalue weighted by atomic mass is 10.2. The number of thioether (sulfide) groups is 1. The summed E-state index contributed by atoms with van der Waals surface area (Å²) in [5, 5.41) is 14.5. The quantitative estimate of drug-likeness (QED) is 0.0703. The van der Waals surface area contributed by atoms with E-state index in [0.717, 1.165) is 55.2 Å². The summed E-state index contributed by atoms with van der Waals surface area (Å²) in [5.41, 5.74) is -0.0101. The fourth-order valence-corrected chi connectivity index (χ4v) is 5.87. The Morgan fingerprint density at radius 2 is 1.46 bits per heavy atom. The van der Waals surface area contributed by atoms with Crippen LogP contribution in [0.25, 0.3) is 0 Å². The number of methoxy groups -OCH3 is 1. The average Bonchev–Trinajstić information content (AvgIpc) is 3.38. The first-order valence-corrected chi connectivity index (χ1v) is 18.1. The zero-order valence-corrected chi connectivity index (χ0v) is 29.9. The number of carbonyl (C=O) groups excluding carboxylic acids is 5. The Balaban J connectivity index is 1.60. The first-order valence-electron chi connectivity index (χ1n) is 17.1. The minimum absolute atomic E-state index is 0.0101. The second kappa shape index (κ2) is 25.3. The standard InChI is InChI=1S/C39H51N3O7S/c1-3-4-5-6-7-8-9-10-11-12-13-14-15-16-17-18-19-20-21-26-35(44)40-27-28-42-36(45)29-34(38(42)47)50-30-32(39(48)49-2)41-37(46)31-24-22-23-25-33(31)43/h4-5,7-8,10-11,13-14,16-17,19-20,22-25,32,34,43H,3,6,9,12,15,18,21,26-30H2,1-2H3,(H,40,44)(H,41,46)/b5-4-,8-7-,11-10-,14-13-,17-16-,20-19-/t32?,34-/m1/s1. The summed E-state index contributed by atoms with van der Waals surface area (Å²) in [4.78, 5) is 63.7. The van der Waals surface area contributed by atoms with E-state index in [1.54, 1.807) is 12.1 Å². The number of hydrogen-bond donors (Lipinski definition) is 3. The average molecular weight is 706 g/mol. The predicted octanol–water partition coefficient (Wildman–Crippen LogP) is 6.12. The SMILES string of the molecule is CC/C=C\C/C=C\C/C=C\C/C=C\C/C=C\C/C=C\CCC(=O)NCCN1C(=O)C[C@@H](SCC(NC(=O)c2ccccc2O)C(=O)OC)C1=O. The summed E-state index contributed by atoms with van der Waals surface area (Å²) in [6, 6.07) is 4.79. The number of nitrogens with one attached hydrogen (secondary N) is 2. The highest BCUT2D eigenvalue weighted by Gasteiger charge is 2.39. The Morgan fingerprint density at radius 1 is 0.900 bits per heavy atom. The normalized spacial score (nSPS) is 15.9. The van der Waals surface area contributed by atoms with Gasteiger partial charge in [0.25, 0.3) is 5.91 Å². The smallest absolute Gasteiger partial charge is 0.329 e. The number of amides is 4. The molecule has 1 heterocycles. The van der Waals surface area contributed by atoms with Gasteiger partial charge in [-0.05, 0) is 57.1 Å². The Labute approximate surface area is 300 Å². The van der Waals surface area contributed by atoms with Crippen LogP contribution in [0.4, 0.5) is 0 Å². The van der Waals surface area contributed by atoms with Gasteiger partial charge in [-0.15, -0.1) is 11.8 Å². The van der Waals surface area contributed by atoms with E-state index in [9.17, 15) is 29.1 Å². The Morgan fingerprint density at radius 3 is 2.02 bits per heavy atom. The van der Waals surface area contributed by atoms with Crippen LogP contribution in [0.5, 0.6) is 5.75 Å². The Bertz CT molecular complexity index is 1430. The van der Waals surface area contributed by atoms with E-state index in [2.05, 4.69) is 78.3 Å². The zero-order valence-electron chi connectivity index (χ0n) is 29.1. The number of allylic oxidation sites excluding steroid dienone is 12. The molecule has 0 saturated carbocycles. The number of phenols is 1. The van der Waals surface area contributed by atoms with E-state index in [4.69, 9.17) is 4.74 Å². The number of rotatable bonds is 23. The molecule has 1 aliphatic rings. The number of hydrogen-bond acceptors (Lipinski definition) is 8. The van der Waals surface area contributed by atoms with Gasteiger partial charge in [0.15, 0.2) is 0 Å². The highest BCUT2D eigenvalue weighted by Crippen LogP contribution is 2.26. The van der Waals surface area contributed by atoms with E-state index in [0.29, 0.717) is 12.8 Å². The molecule has 1 saturated heterocycles. The molecule has 1 aromatic rings. The Hall–Kier alpha value is -4.64. The lowest BCUT2D eigenvalue weighted by Crippen LogP contribution is -2.44. The van der Waals surface area contributed by atoms with Crippen LogP contribution < -0.4 is 10.6 Å². The van der Waals surface area contributed by atoms with Crippen LogP contribution in [0.1, 0.15) is 75.1 Å². The maximum atomic E-state index is 12.9. The van der Waals surface area contributed by atoms with Crippen molar-refractivity contribution in [2.75, 3.05) is 26.0 Å². The molecule has 50 heavy (non-hydrogen) atoms. The number of aromatic hydroxyl groups is 1. The molecule has 2 rings (SSSR count). The van der Waals surface area contributed by atoms with Crippen molar-refractivity contribution in [3.8, 4) is 5.75 Å². The molecule has 1 aromatic carbocycles. The van der Waals surface area contributed by atoms with Crippen molar-refractivity contribution in [1.82, 2.24) is 15.5 Å². The highest BCUT2D eigenvalue weighted by molar-refractivity contribution is 8.00. The van der Waals surface area contributed by atoms with Crippen LogP contribution in [0.2, 0.25) is 0 Å². The van der Waals surface area contributed by atoms with Crippen LogP contribution in [-0.4, -0.2) is 76.8 Å². The molecule has 1 fully saturated rings. The van der Waals surface area contributed by atoms with Crippen molar-refractivity contribution in [2.24, 2.45) is 0 Å². The summed E-state index contributed by atoms with van der Waals surface area (Å²) in [7, 11) is 1.18. The van der Waals surface area contributed by atoms with Gasteiger partial charge in [0, 0.05) is 31.7 Å². The first kappa shape index (κ1) is 41.5. The molecule has 0 spiro atoms. The third-order valence-corrected chi connectivity index (χ3v) is 8.69. The number of phenolic OH excluding ortho intramolecular Hbond substituents is 1. The lowest BCUT2D eigenvalue weighted by Gasteiger charge is -2.18. The zero-order chi connectivity index (χ0) is 36.4. The molecule has 0 radical (unpaired) electrons. The van der Waals surface area contributed by atoms with Crippen molar-refractivity contribution in [2.45, 2.75) is 76.0 Å². The summed E-state index contributed by atoms with van der Waals surface area (Å²) in [6.07, 6.45) is 32.0. The number of likely N-dealkylation sites (tertiary alicyclic amines) is 1. The van der Waals surface area contributed by atoms with Crippen LogP contribution in [-0.2, 0) is 23.9 Å². The summed E-state index contributed by atoms with van der Waals surface area (Å²) >= 11 is 1.06. The minimum atomic E-state index is -1.10. The van der Waals surface area contributed by atoms with E-state index >= 15 is 0 Å². The number of para-hydroxylation sites is 1. The van der Waals surface area contributed by atoms with Gasteiger partial charge in [0.1, 0.15) is 11.8 Å². The molecule has 11 heteroatoms. The molecular formula is C39H51N3O7S. The minimum Gasteiger partial charge on any atom is -0.507 e. The second-order valence-corrected chi connectivity index (χ2v) is 12.5. The number of imide groups is 1. The summed E-state index contributed by atoms with van der Waals surface area (Å²) in [5.74, 6) is -2.61. The molecule has 10 nitrogen and oxygen atoms in total. The van der Waals surface area contributed by atoms with Crippen molar-refractivity contribution >= 4 is 41.4 Å². The maximum absolute atomic E-state index is 12.9. The molecule has 1 unspecified atom stereocenters. The first-order chi connectivity index (χ1) is 24.3. The van der Waals surface area contributed by atoms with Crippen molar-refractivity contribution < 1.29 is 33.8 Å². The molecule has 1 aliphatic heterocycles.